The highest BCUT2D eigenvalue weighted by Gasteiger charge is 2.30. The number of aromatic nitrogens is 2. The van der Waals surface area contributed by atoms with E-state index in [9.17, 15) is 4.79 Å². The molecule has 0 atom stereocenters. The maximum atomic E-state index is 12.3. The van der Waals surface area contributed by atoms with Crippen LogP contribution in [-0.4, -0.2) is 21.1 Å². The number of amides is 1. The number of nitrogens with one attached hydrogen (secondary N) is 3. The number of nitrogens with zero attached hydrogens (tertiary/aromatic N) is 1. The molecule has 5 rings (SSSR count). The van der Waals surface area contributed by atoms with E-state index in [1.807, 2.05) is 24.2 Å². The van der Waals surface area contributed by atoms with Crippen molar-refractivity contribution >= 4 is 40.4 Å². The van der Waals surface area contributed by atoms with Crippen LogP contribution in [-0.2, 0) is 11.2 Å². The van der Waals surface area contributed by atoms with Crippen molar-refractivity contribution < 1.29 is 4.79 Å². The van der Waals surface area contributed by atoms with Crippen LogP contribution in [0.15, 0.2) is 36.5 Å². The number of H-pyrrole nitrogens is 1. The first-order valence-electron chi connectivity index (χ1n) is 11.5. The van der Waals surface area contributed by atoms with Crippen molar-refractivity contribution in [3.05, 3.63) is 42.1 Å². The van der Waals surface area contributed by atoms with Gasteiger partial charge in [-0.25, -0.2) is 4.98 Å². The molecule has 2 fully saturated rings. The summed E-state index contributed by atoms with van der Waals surface area (Å²) in [7, 11) is 0. The fraction of sp³-hybridized carbons (Fsp3) is 0.440. The number of benzene rings is 1. The number of hydrogen-bond acceptors (Lipinski definition) is 4. The lowest BCUT2D eigenvalue weighted by molar-refractivity contribution is -0.117. The molecule has 6 heteroatoms. The lowest BCUT2D eigenvalue weighted by atomic mass is 9.96. The zero-order valence-electron chi connectivity index (χ0n) is 18.0. The van der Waals surface area contributed by atoms with E-state index < -0.39 is 0 Å². The average molecular weight is 435 g/mol. The summed E-state index contributed by atoms with van der Waals surface area (Å²) in [5.74, 6) is 0.862. The molecule has 0 radical (unpaired) electrons. The Kier molecular flexibility index (Phi) is 5.90. The number of aromatic amines is 1. The molecular weight excluding hydrogens is 404 g/mol. The van der Waals surface area contributed by atoms with Gasteiger partial charge in [0.05, 0.1) is 0 Å². The van der Waals surface area contributed by atoms with Crippen molar-refractivity contribution in [3.63, 3.8) is 0 Å². The highest BCUT2D eigenvalue weighted by Crippen LogP contribution is 2.36. The van der Waals surface area contributed by atoms with Crippen molar-refractivity contribution in [2.45, 2.75) is 63.5 Å². The molecule has 0 aliphatic heterocycles. The molecule has 5 nitrogen and oxygen atoms in total. The van der Waals surface area contributed by atoms with Gasteiger partial charge in [0.25, 0.3) is 0 Å². The molecule has 1 amide bonds. The highest BCUT2D eigenvalue weighted by molar-refractivity contribution is 8.01. The van der Waals surface area contributed by atoms with Gasteiger partial charge >= 0.3 is 0 Å². The Balaban J connectivity index is 1.42. The van der Waals surface area contributed by atoms with Crippen molar-refractivity contribution in [1.82, 2.24) is 9.97 Å². The minimum atomic E-state index is 0.0827. The molecule has 0 unspecified atom stereocenters. The van der Waals surface area contributed by atoms with Gasteiger partial charge in [0.2, 0.25) is 5.91 Å². The largest absolute Gasteiger partial charge is 0.346 e. The normalized spacial score (nSPS) is 17.1. The molecule has 2 aromatic heterocycles. The third-order valence-electron chi connectivity index (χ3n) is 6.40. The Labute approximate surface area is 187 Å². The van der Waals surface area contributed by atoms with Crippen LogP contribution in [0, 0.1) is 5.92 Å². The average Bonchev–Trinajstić information content (AvgIpc) is 3.56. The van der Waals surface area contributed by atoms with Gasteiger partial charge < -0.3 is 15.0 Å². The molecular formula is C25H30N4OS. The highest BCUT2D eigenvalue weighted by atomic mass is 32.2. The van der Waals surface area contributed by atoms with E-state index in [4.69, 9.17) is 0 Å². The first kappa shape index (κ1) is 20.4. The lowest BCUT2D eigenvalue weighted by Gasteiger charge is -2.21. The van der Waals surface area contributed by atoms with E-state index >= 15 is 0 Å². The van der Waals surface area contributed by atoms with Crippen LogP contribution in [0.4, 0.5) is 11.5 Å². The number of pyridine rings is 1. The number of carbonyl (C=O) groups excluding carboxylic acids is 1. The summed E-state index contributed by atoms with van der Waals surface area (Å²) in [6.07, 6.45) is 11.5. The molecule has 2 aliphatic rings. The first-order chi connectivity index (χ1) is 15.2. The second kappa shape index (κ2) is 8.95. The molecule has 3 aromatic rings. The van der Waals surface area contributed by atoms with Crippen LogP contribution in [0.25, 0.3) is 22.2 Å². The fourth-order valence-corrected chi connectivity index (χ4v) is 5.44. The van der Waals surface area contributed by atoms with Gasteiger partial charge in [0.1, 0.15) is 11.5 Å². The smallest absolute Gasteiger partial charge is 0.228 e. The molecule has 2 heterocycles. The van der Waals surface area contributed by atoms with Gasteiger partial charge in [-0.3, -0.25) is 4.79 Å². The number of carbonyl (C=O) groups is 1. The topological polar surface area (TPSA) is 69.8 Å². The standard InChI is InChI=1S/C25H30N4OS/c1-2-16-14-18(29-31-19-6-4-3-5-7-19)10-11-20(16)22-15-23(28-25(30)17-8-9-17)27-24-21(22)12-13-26-24/h10-15,17,19,29H,2-9H2,1H3,(H2,26,27,28,30). The Bertz CT molecular complexity index is 1080. The summed E-state index contributed by atoms with van der Waals surface area (Å²) in [5.41, 5.74) is 5.58. The Morgan fingerprint density at radius 2 is 1.94 bits per heavy atom. The third-order valence-corrected chi connectivity index (χ3v) is 7.56. The van der Waals surface area contributed by atoms with Crippen molar-refractivity contribution in [2.24, 2.45) is 5.92 Å². The van der Waals surface area contributed by atoms with Gasteiger partial charge in [-0.1, -0.05) is 32.3 Å². The number of aryl methyl sites for hydroxylation is 1. The summed E-state index contributed by atoms with van der Waals surface area (Å²) in [6.45, 7) is 2.20. The lowest BCUT2D eigenvalue weighted by Crippen LogP contribution is -2.14. The van der Waals surface area contributed by atoms with Gasteiger partial charge in [-0.05, 0) is 85.0 Å². The van der Waals surface area contributed by atoms with Gasteiger partial charge in [0, 0.05) is 28.4 Å². The van der Waals surface area contributed by atoms with Crippen LogP contribution in [0.2, 0.25) is 0 Å². The maximum absolute atomic E-state index is 12.3. The molecule has 2 aliphatic carbocycles. The fourth-order valence-electron chi connectivity index (χ4n) is 4.45. The summed E-state index contributed by atoms with van der Waals surface area (Å²) >= 11 is 1.88. The van der Waals surface area contributed by atoms with Crippen molar-refractivity contribution in [1.29, 1.82) is 0 Å². The number of rotatable bonds is 7. The van der Waals surface area contributed by atoms with Crippen LogP contribution >= 0.6 is 11.9 Å². The monoisotopic (exact) mass is 434 g/mol. The second-order valence-corrected chi connectivity index (χ2v) is 9.87. The predicted molar refractivity (Wildman–Crippen MR) is 130 cm³/mol. The summed E-state index contributed by atoms with van der Waals surface area (Å²) < 4.78 is 3.60. The quantitative estimate of drug-likeness (QED) is 0.370. The molecule has 3 N–H and O–H groups in total. The van der Waals surface area contributed by atoms with Gasteiger partial charge in [-0.2, -0.15) is 0 Å². The summed E-state index contributed by atoms with van der Waals surface area (Å²) in [5, 5.41) is 4.81. The molecule has 0 spiro atoms. The van der Waals surface area contributed by atoms with Crippen molar-refractivity contribution in [3.8, 4) is 11.1 Å². The predicted octanol–water partition coefficient (Wildman–Crippen LogP) is 6.53. The van der Waals surface area contributed by atoms with E-state index in [-0.39, 0.29) is 11.8 Å². The summed E-state index contributed by atoms with van der Waals surface area (Å²) in [6, 6.07) is 10.7. The molecule has 1 aromatic carbocycles. The molecule has 0 saturated heterocycles. The number of fused-ring (bicyclic) bond motifs is 1. The zero-order chi connectivity index (χ0) is 21.2. The third kappa shape index (κ3) is 4.59. The maximum Gasteiger partial charge on any atom is 0.228 e. The minimum absolute atomic E-state index is 0.0827. The zero-order valence-corrected chi connectivity index (χ0v) is 18.9. The SMILES string of the molecule is CCc1cc(NSC2CCCCC2)ccc1-c1cc(NC(=O)C2CC2)nc2[nH]ccc12. The van der Waals surface area contributed by atoms with E-state index in [1.54, 1.807) is 0 Å². The molecule has 2 saturated carbocycles. The first-order valence-corrected chi connectivity index (χ1v) is 12.4. The van der Waals surface area contributed by atoms with Crippen LogP contribution < -0.4 is 10.0 Å². The number of hydrogen-bond donors (Lipinski definition) is 3. The molecule has 0 bridgehead atoms. The summed E-state index contributed by atoms with van der Waals surface area (Å²) in [4.78, 5) is 20.1. The van der Waals surface area contributed by atoms with Crippen LogP contribution in [0.1, 0.15) is 57.4 Å². The van der Waals surface area contributed by atoms with E-state index in [1.165, 1.54) is 43.2 Å². The Morgan fingerprint density at radius 1 is 1.10 bits per heavy atom. The Hall–Kier alpha value is -2.47. The van der Waals surface area contributed by atoms with E-state index in [0.29, 0.717) is 5.82 Å². The van der Waals surface area contributed by atoms with E-state index in [2.05, 4.69) is 51.2 Å². The number of anilines is 2. The van der Waals surface area contributed by atoms with Crippen LogP contribution in [0.3, 0.4) is 0 Å². The van der Waals surface area contributed by atoms with Gasteiger partial charge in [0.15, 0.2) is 0 Å². The second-order valence-electron chi connectivity index (χ2n) is 8.76. The van der Waals surface area contributed by atoms with Crippen molar-refractivity contribution in [2.75, 3.05) is 10.0 Å². The Morgan fingerprint density at radius 3 is 2.71 bits per heavy atom. The molecule has 31 heavy (non-hydrogen) atoms. The molecule has 162 valence electrons. The van der Waals surface area contributed by atoms with E-state index in [0.717, 1.165) is 46.8 Å². The van der Waals surface area contributed by atoms with Crippen LogP contribution in [0.5, 0.6) is 0 Å². The minimum Gasteiger partial charge on any atom is -0.346 e. The van der Waals surface area contributed by atoms with Gasteiger partial charge in [-0.15, -0.1) is 0 Å².